The number of amides is 2. The summed E-state index contributed by atoms with van der Waals surface area (Å²) in [6, 6.07) is 23.3. The topological polar surface area (TPSA) is 105 Å². The molecule has 0 saturated heterocycles. The Kier molecular flexibility index (Phi) is 10.6. The Morgan fingerprint density at radius 3 is 2.26 bits per heavy atom. The van der Waals surface area contributed by atoms with Gasteiger partial charge in [-0.3, -0.25) is 0 Å². The van der Waals surface area contributed by atoms with Gasteiger partial charge >= 0.3 is 12.0 Å². The molecule has 11 heteroatoms. The number of carbonyl (C=O) groups excluding carboxylic acids is 1. The number of aromatic carboxylic acids is 1. The van der Waals surface area contributed by atoms with Crippen LogP contribution in [0.1, 0.15) is 47.6 Å². The fourth-order valence-corrected chi connectivity index (χ4v) is 5.34. The fraction of sp³-hybridized carbons (Fsp3) is 0.171. The van der Waals surface area contributed by atoms with Crippen LogP contribution in [0.2, 0.25) is 10.0 Å². The molecule has 0 aliphatic rings. The van der Waals surface area contributed by atoms with E-state index in [9.17, 15) is 14.0 Å². The second kappa shape index (κ2) is 14.9. The molecule has 0 bridgehead atoms. The van der Waals surface area contributed by atoms with Gasteiger partial charge in [-0.1, -0.05) is 48.7 Å². The van der Waals surface area contributed by atoms with Crippen LogP contribution < -0.4 is 15.4 Å². The van der Waals surface area contributed by atoms with Gasteiger partial charge in [-0.25, -0.2) is 19.0 Å². The summed E-state index contributed by atoms with van der Waals surface area (Å²) in [5.74, 6) is 0.294. The van der Waals surface area contributed by atoms with Crippen molar-refractivity contribution in [3.63, 3.8) is 0 Å². The molecule has 46 heavy (non-hydrogen) atoms. The van der Waals surface area contributed by atoms with E-state index in [1.54, 1.807) is 36.4 Å². The summed E-state index contributed by atoms with van der Waals surface area (Å²) in [5.41, 5.74) is 2.88. The Bertz CT molecular complexity index is 1810. The number of halogens is 3. The van der Waals surface area contributed by atoms with Gasteiger partial charge in [-0.15, -0.1) is 0 Å². The molecule has 2 amide bonds. The standard InChI is InChI=1S/C35H31Cl2FN4O4/c1-2-3-18-42-21-32(29-17-8-24(36)20-30(29)37)40-33(42)31(41-35(45)39-26-11-9-25(38)10-12-26)19-22-4-13-27(14-5-22)46-28-15-6-23(7-16-28)34(43)44/h4-17,20-21,31H,2-3,18-19H2,1H3,(H,43,44)(H2,39,41,45)/t31-/m0/s1. The molecule has 1 heterocycles. The van der Waals surface area contributed by atoms with Gasteiger partial charge in [0.1, 0.15) is 23.1 Å². The van der Waals surface area contributed by atoms with Crippen LogP contribution in [-0.4, -0.2) is 26.7 Å². The van der Waals surface area contributed by atoms with Crippen molar-refractivity contribution in [2.45, 2.75) is 38.8 Å². The van der Waals surface area contributed by atoms with E-state index in [-0.39, 0.29) is 5.56 Å². The molecule has 8 nitrogen and oxygen atoms in total. The highest BCUT2D eigenvalue weighted by Crippen LogP contribution is 2.32. The highest BCUT2D eigenvalue weighted by molar-refractivity contribution is 6.36. The van der Waals surface area contributed by atoms with E-state index in [0.29, 0.717) is 51.7 Å². The minimum Gasteiger partial charge on any atom is -0.478 e. The quantitative estimate of drug-likeness (QED) is 0.124. The van der Waals surface area contributed by atoms with Gasteiger partial charge in [0.25, 0.3) is 0 Å². The molecular weight excluding hydrogens is 630 g/mol. The highest BCUT2D eigenvalue weighted by Gasteiger charge is 2.23. The molecule has 5 aromatic rings. The minimum atomic E-state index is -1.01. The van der Waals surface area contributed by atoms with Gasteiger partial charge in [-0.05, 0) is 97.3 Å². The Balaban J connectivity index is 1.43. The number of aryl methyl sites for hydroxylation is 1. The molecular formula is C35H31Cl2FN4O4. The predicted molar refractivity (Wildman–Crippen MR) is 178 cm³/mol. The Hall–Kier alpha value is -4.86. The zero-order chi connectivity index (χ0) is 32.6. The number of aromatic nitrogens is 2. The van der Waals surface area contributed by atoms with Gasteiger partial charge in [0.05, 0.1) is 22.3 Å². The van der Waals surface area contributed by atoms with Crippen LogP contribution in [-0.2, 0) is 13.0 Å². The Morgan fingerprint density at radius 1 is 0.957 bits per heavy atom. The summed E-state index contributed by atoms with van der Waals surface area (Å²) >= 11 is 12.7. The highest BCUT2D eigenvalue weighted by atomic mass is 35.5. The lowest BCUT2D eigenvalue weighted by atomic mass is 10.0. The number of imidazole rings is 1. The van der Waals surface area contributed by atoms with Gasteiger partial charge in [0, 0.05) is 29.0 Å². The number of benzene rings is 4. The SMILES string of the molecule is CCCCn1cc(-c2ccc(Cl)cc2Cl)nc1[C@H](Cc1ccc(Oc2ccc(C(=O)O)cc2)cc1)NC(=O)Nc1ccc(F)cc1. The van der Waals surface area contributed by atoms with Crippen LogP contribution >= 0.6 is 23.2 Å². The number of unbranched alkanes of at least 4 members (excludes halogenated alkanes) is 1. The zero-order valence-corrected chi connectivity index (χ0v) is 26.4. The van der Waals surface area contributed by atoms with Crippen LogP contribution in [0, 0.1) is 5.82 Å². The summed E-state index contributed by atoms with van der Waals surface area (Å²) in [5, 5.41) is 15.9. The van der Waals surface area contributed by atoms with Crippen LogP contribution in [0.25, 0.3) is 11.3 Å². The molecule has 0 fully saturated rings. The van der Waals surface area contributed by atoms with E-state index in [1.807, 2.05) is 29.0 Å². The van der Waals surface area contributed by atoms with Crippen LogP contribution in [0.4, 0.5) is 14.9 Å². The monoisotopic (exact) mass is 660 g/mol. The van der Waals surface area contributed by atoms with E-state index in [0.717, 1.165) is 24.0 Å². The molecule has 0 radical (unpaired) electrons. The summed E-state index contributed by atoms with van der Waals surface area (Å²) < 4.78 is 21.4. The van der Waals surface area contributed by atoms with E-state index < -0.39 is 23.9 Å². The number of anilines is 1. The molecule has 1 atom stereocenters. The first-order valence-corrected chi connectivity index (χ1v) is 15.4. The number of nitrogens with one attached hydrogen (secondary N) is 2. The van der Waals surface area contributed by atoms with Crippen molar-refractivity contribution in [1.82, 2.24) is 14.9 Å². The first-order valence-electron chi connectivity index (χ1n) is 14.6. The third-order valence-corrected chi connectivity index (χ3v) is 7.73. The van der Waals surface area contributed by atoms with E-state index in [2.05, 4.69) is 17.6 Å². The van der Waals surface area contributed by atoms with Gasteiger partial charge in [0.15, 0.2) is 0 Å². The van der Waals surface area contributed by atoms with Crippen LogP contribution in [0.5, 0.6) is 11.5 Å². The van der Waals surface area contributed by atoms with E-state index >= 15 is 0 Å². The normalized spacial score (nSPS) is 11.6. The maximum atomic E-state index is 13.4. The lowest BCUT2D eigenvalue weighted by Gasteiger charge is -2.21. The summed E-state index contributed by atoms with van der Waals surface area (Å²) in [7, 11) is 0. The molecule has 0 aliphatic heterocycles. The molecule has 0 spiro atoms. The molecule has 0 saturated carbocycles. The number of carboxylic acid groups (broad SMARTS) is 1. The minimum absolute atomic E-state index is 0.170. The average Bonchev–Trinajstić information content (AvgIpc) is 3.45. The third-order valence-electron chi connectivity index (χ3n) is 7.19. The van der Waals surface area contributed by atoms with E-state index in [1.165, 1.54) is 36.4 Å². The molecule has 3 N–H and O–H groups in total. The maximum Gasteiger partial charge on any atom is 0.335 e. The zero-order valence-electron chi connectivity index (χ0n) is 24.8. The summed E-state index contributed by atoms with van der Waals surface area (Å²) in [6.07, 6.45) is 4.17. The van der Waals surface area contributed by atoms with Crippen molar-refractivity contribution >= 4 is 40.9 Å². The summed E-state index contributed by atoms with van der Waals surface area (Å²) in [6.45, 7) is 2.78. The van der Waals surface area contributed by atoms with Gasteiger partial charge < -0.3 is 25.0 Å². The van der Waals surface area contributed by atoms with E-state index in [4.69, 9.17) is 38.0 Å². The fourth-order valence-electron chi connectivity index (χ4n) is 4.84. The van der Waals surface area contributed by atoms with Crippen molar-refractivity contribution in [2.75, 3.05) is 5.32 Å². The number of rotatable bonds is 12. The molecule has 4 aromatic carbocycles. The Morgan fingerprint density at radius 2 is 1.63 bits per heavy atom. The van der Waals surface area contributed by atoms with Gasteiger partial charge in [-0.2, -0.15) is 0 Å². The number of nitrogens with zero attached hydrogens (tertiary/aromatic N) is 2. The molecule has 0 unspecified atom stereocenters. The number of ether oxygens (including phenoxy) is 1. The second-order valence-electron chi connectivity index (χ2n) is 10.6. The molecule has 1 aromatic heterocycles. The summed E-state index contributed by atoms with van der Waals surface area (Å²) in [4.78, 5) is 29.3. The van der Waals surface area contributed by atoms with Crippen molar-refractivity contribution in [3.05, 3.63) is 130 Å². The van der Waals surface area contributed by atoms with Crippen LogP contribution in [0.15, 0.2) is 97.2 Å². The number of urea groups is 1. The lowest BCUT2D eigenvalue weighted by molar-refractivity contribution is 0.0697. The smallest absolute Gasteiger partial charge is 0.335 e. The number of hydrogen-bond donors (Lipinski definition) is 3. The first-order chi connectivity index (χ1) is 22.2. The van der Waals surface area contributed by atoms with Crippen LogP contribution in [0.3, 0.4) is 0 Å². The van der Waals surface area contributed by atoms with Crippen molar-refractivity contribution in [3.8, 4) is 22.8 Å². The van der Waals surface area contributed by atoms with Crippen molar-refractivity contribution < 1.29 is 23.8 Å². The molecule has 5 rings (SSSR count). The van der Waals surface area contributed by atoms with Crippen molar-refractivity contribution in [1.29, 1.82) is 0 Å². The number of carboxylic acids is 1. The van der Waals surface area contributed by atoms with Gasteiger partial charge in [0.2, 0.25) is 0 Å². The molecule has 236 valence electrons. The third kappa shape index (κ3) is 8.44. The average molecular weight is 662 g/mol. The predicted octanol–water partition coefficient (Wildman–Crippen LogP) is 9.39. The maximum absolute atomic E-state index is 13.4. The second-order valence-corrected chi connectivity index (χ2v) is 11.4. The van der Waals surface area contributed by atoms with Crippen molar-refractivity contribution in [2.24, 2.45) is 0 Å². The largest absolute Gasteiger partial charge is 0.478 e. The Labute approximate surface area is 275 Å². The molecule has 0 aliphatic carbocycles. The lowest BCUT2D eigenvalue weighted by Crippen LogP contribution is -2.35. The number of hydrogen-bond acceptors (Lipinski definition) is 4. The first kappa shape index (κ1) is 32.5. The number of carbonyl (C=O) groups is 2.